The van der Waals surface area contributed by atoms with E-state index in [2.05, 4.69) is 6.92 Å². The van der Waals surface area contributed by atoms with Crippen LogP contribution < -0.4 is 5.73 Å². The van der Waals surface area contributed by atoms with Crippen molar-refractivity contribution in [3.8, 4) is 0 Å². The van der Waals surface area contributed by atoms with Gasteiger partial charge in [-0.05, 0) is 38.0 Å². The Labute approximate surface area is 110 Å². The van der Waals surface area contributed by atoms with Crippen LogP contribution in [-0.2, 0) is 4.79 Å². The van der Waals surface area contributed by atoms with E-state index in [1.54, 1.807) is 0 Å². The van der Waals surface area contributed by atoms with Crippen LogP contribution in [0.15, 0.2) is 0 Å². The fraction of sp³-hybridized carbons (Fsp3) is 0.929. The molecular formula is C14H26N2O2. The molecule has 2 rings (SSSR count). The minimum absolute atomic E-state index is 0.00233. The zero-order valence-corrected chi connectivity index (χ0v) is 11.3. The molecule has 0 saturated heterocycles. The largest absolute Gasteiger partial charge is 0.395 e. The molecule has 2 aliphatic carbocycles. The van der Waals surface area contributed by atoms with Gasteiger partial charge in [-0.1, -0.05) is 13.3 Å². The summed E-state index contributed by atoms with van der Waals surface area (Å²) in [6.07, 6.45) is 6.56. The lowest BCUT2D eigenvalue weighted by Crippen LogP contribution is -2.54. The fourth-order valence-corrected chi connectivity index (χ4v) is 3.35. The Bertz CT molecular complexity index is 282. The molecule has 2 aliphatic rings. The molecule has 0 aliphatic heterocycles. The average Bonchev–Trinajstić information content (AvgIpc) is 2.25. The number of nitrogens with zero attached hydrogens (tertiary/aromatic N) is 1. The van der Waals surface area contributed by atoms with Crippen molar-refractivity contribution in [3.05, 3.63) is 0 Å². The predicted molar refractivity (Wildman–Crippen MR) is 70.9 cm³/mol. The van der Waals surface area contributed by atoms with Crippen molar-refractivity contribution < 1.29 is 9.90 Å². The van der Waals surface area contributed by atoms with Crippen LogP contribution in [0.2, 0.25) is 0 Å². The number of carbonyl (C=O) groups excluding carboxylic acids is 1. The Morgan fingerprint density at radius 1 is 1.28 bits per heavy atom. The highest BCUT2D eigenvalue weighted by atomic mass is 16.3. The van der Waals surface area contributed by atoms with Crippen molar-refractivity contribution in [3.63, 3.8) is 0 Å². The second-order valence-corrected chi connectivity index (χ2v) is 5.94. The molecule has 0 heterocycles. The first kappa shape index (κ1) is 13.8. The molecule has 2 saturated carbocycles. The molecule has 0 radical (unpaired) electrons. The average molecular weight is 254 g/mol. The number of rotatable bonds is 4. The molecule has 104 valence electrons. The number of carbonyl (C=O) groups is 1. The molecule has 0 aromatic rings. The molecule has 0 aromatic carbocycles. The third-order valence-corrected chi connectivity index (χ3v) is 4.70. The predicted octanol–water partition coefficient (Wildman–Crippen LogP) is 1.12. The molecule has 1 amide bonds. The van der Waals surface area contributed by atoms with Gasteiger partial charge in [0.15, 0.2) is 0 Å². The first-order chi connectivity index (χ1) is 8.65. The number of aliphatic hydroxyl groups excluding tert-OH is 1. The molecule has 2 fully saturated rings. The molecule has 18 heavy (non-hydrogen) atoms. The summed E-state index contributed by atoms with van der Waals surface area (Å²) in [4.78, 5) is 14.6. The van der Waals surface area contributed by atoms with Crippen molar-refractivity contribution in [1.82, 2.24) is 4.90 Å². The van der Waals surface area contributed by atoms with Gasteiger partial charge >= 0.3 is 0 Å². The SMILES string of the molecule is CC1CCCC(N)C1C(=O)N(CCO)C1CCC1. The molecular weight excluding hydrogens is 228 g/mol. The minimum atomic E-state index is -0.0362. The second kappa shape index (κ2) is 6.02. The second-order valence-electron chi connectivity index (χ2n) is 5.94. The summed E-state index contributed by atoms with van der Waals surface area (Å²) in [5, 5.41) is 9.16. The maximum Gasteiger partial charge on any atom is 0.227 e. The van der Waals surface area contributed by atoms with Crippen LogP contribution in [0.5, 0.6) is 0 Å². The summed E-state index contributed by atoms with van der Waals surface area (Å²) in [5.41, 5.74) is 6.15. The first-order valence-electron chi connectivity index (χ1n) is 7.32. The number of hydrogen-bond donors (Lipinski definition) is 2. The van der Waals surface area contributed by atoms with Gasteiger partial charge in [-0.3, -0.25) is 4.79 Å². The maximum absolute atomic E-state index is 12.7. The Morgan fingerprint density at radius 2 is 1.94 bits per heavy atom. The molecule has 3 atom stereocenters. The summed E-state index contributed by atoms with van der Waals surface area (Å²) < 4.78 is 0. The summed E-state index contributed by atoms with van der Waals surface area (Å²) >= 11 is 0. The lowest BCUT2D eigenvalue weighted by atomic mass is 9.75. The van der Waals surface area contributed by atoms with Crippen molar-refractivity contribution in [2.24, 2.45) is 17.6 Å². The van der Waals surface area contributed by atoms with Gasteiger partial charge in [-0.15, -0.1) is 0 Å². The molecule has 3 unspecified atom stereocenters. The van der Waals surface area contributed by atoms with Crippen molar-refractivity contribution in [1.29, 1.82) is 0 Å². The topological polar surface area (TPSA) is 66.6 Å². The highest BCUT2D eigenvalue weighted by Gasteiger charge is 2.39. The molecule has 0 bridgehead atoms. The number of hydrogen-bond acceptors (Lipinski definition) is 3. The Kier molecular flexibility index (Phi) is 4.62. The van der Waals surface area contributed by atoms with Crippen LogP contribution in [0.4, 0.5) is 0 Å². The van der Waals surface area contributed by atoms with Crippen LogP contribution in [-0.4, -0.2) is 41.1 Å². The van der Waals surface area contributed by atoms with E-state index in [4.69, 9.17) is 10.8 Å². The highest BCUT2D eigenvalue weighted by molar-refractivity contribution is 5.80. The third-order valence-electron chi connectivity index (χ3n) is 4.70. The van der Waals surface area contributed by atoms with Gasteiger partial charge in [0, 0.05) is 18.6 Å². The van der Waals surface area contributed by atoms with Crippen molar-refractivity contribution >= 4 is 5.91 Å². The zero-order valence-electron chi connectivity index (χ0n) is 11.3. The lowest BCUT2D eigenvalue weighted by molar-refractivity contribution is -0.143. The minimum Gasteiger partial charge on any atom is -0.395 e. The zero-order chi connectivity index (χ0) is 13.1. The van der Waals surface area contributed by atoms with Crippen LogP contribution in [0, 0.1) is 11.8 Å². The quantitative estimate of drug-likeness (QED) is 0.790. The number of nitrogens with two attached hydrogens (primary N) is 1. The Morgan fingerprint density at radius 3 is 2.44 bits per heavy atom. The van der Waals surface area contributed by atoms with E-state index < -0.39 is 0 Å². The van der Waals surface area contributed by atoms with Crippen molar-refractivity contribution in [2.75, 3.05) is 13.2 Å². The van der Waals surface area contributed by atoms with E-state index in [9.17, 15) is 4.79 Å². The van der Waals surface area contributed by atoms with E-state index in [0.29, 0.717) is 18.5 Å². The van der Waals surface area contributed by atoms with Gasteiger partial charge in [0.2, 0.25) is 5.91 Å². The molecule has 4 nitrogen and oxygen atoms in total. The van der Waals surface area contributed by atoms with E-state index in [-0.39, 0.29) is 24.5 Å². The molecule has 3 N–H and O–H groups in total. The van der Waals surface area contributed by atoms with E-state index in [1.807, 2.05) is 4.90 Å². The molecule has 0 aromatic heterocycles. The van der Waals surface area contributed by atoms with Gasteiger partial charge in [-0.25, -0.2) is 0 Å². The Balaban J connectivity index is 2.05. The van der Waals surface area contributed by atoms with Crippen molar-refractivity contribution in [2.45, 2.75) is 57.5 Å². The molecule has 4 heteroatoms. The van der Waals surface area contributed by atoms with Crippen LogP contribution in [0.25, 0.3) is 0 Å². The number of amides is 1. The van der Waals surface area contributed by atoms with Gasteiger partial charge < -0.3 is 15.7 Å². The van der Waals surface area contributed by atoms with E-state index in [1.165, 1.54) is 6.42 Å². The first-order valence-corrected chi connectivity index (χ1v) is 7.32. The number of aliphatic hydroxyl groups is 1. The van der Waals surface area contributed by atoms with Gasteiger partial charge in [0.05, 0.1) is 12.5 Å². The summed E-state index contributed by atoms with van der Waals surface area (Å²) in [6.45, 7) is 2.66. The normalized spacial score (nSPS) is 32.9. The Hall–Kier alpha value is -0.610. The summed E-state index contributed by atoms with van der Waals surface area (Å²) in [5.74, 6) is 0.530. The standard InChI is InChI=1S/C14H26N2O2/c1-10-4-2-7-12(15)13(10)14(18)16(8-9-17)11-5-3-6-11/h10-13,17H,2-9,15H2,1H3. The van der Waals surface area contributed by atoms with Gasteiger partial charge in [-0.2, -0.15) is 0 Å². The van der Waals surface area contributed by atoms with E-state index in [0.717, 1.165) is 32.1 Å². The van der Waals surface area contributed by atoms with E-state index >= 15 is 0 Å². The maximum atomic E-state index is 12.7. The third kappa shape index (κ3) is 2.69. The van der Waals surface area contributed by atoms with Crippen LogP contribution >= 0.6 is 0 Å². The highest BCUT2D eigenvalue weighted by Crippen LogP contribution is 2.33. The smallest absolute Gasteiger partial charge is 0.227 e. The van der Waals surface area contributed by atoms with Gasteiger partial charge in [0.25, 0.3) is 0 Å². The van der Waals surface area contributed by atoms with Gasteiger partial charge in [0.1, 0.15) is 0 Å². The molecule has 0 spiro atoms. The summed E-state index contributed by atoms with van der Waals surface area (Å²) in [6, 6.07) is 0.355. The fourth-order valence-electron chi connectivity index (χ4n) is 3.35. The lowest BCUT2D eigenvalue weighted by Gasteiger charge is -2.42. The van der Waals surface area contributed by atoms with Crippen LogP contribution in [0.3, 0.4) is 0 Å². The van der Waals surface area contributed by atoms with Crippen LogP contribution in [0.1, 0.15) is 45.4 Å². The summed E-state index contributed by atoms with van der Waals surface area (Å²) in [7, 11) is 0. The monoisotopic (exact) mass is 254 g/mol.